The third-order valence-electron chi connectivity index (χ3n) is 8.10. The summed E-state index contributed by atoms with van der Waals surface area (Å²) in [5.41, 5.74) is 4.73. The second-order valence-corrected chi connectivity index (χ2v) is 11.1. The fourth-order valence-corrected chi connectivity index (χ4v) is 5.10. The van der Waals surface area contributed by atoms with Crippen LogP contribution < -0.4 is 15.0 Å². The summed E-state index contributed by atoms with van der Waals surface area (Å²) in [4.78, 5) is 18.7. The Kier molecular flexibility index (Phi) is 8.93. The van der Waals surface area contributed by atoms with Gasteiger partial charge in [-0.15, -0.1) is 5.10 Å². The van der Waals surface area contributed by atoms with Gasteiger partial charge in [0.25, 0.3) is 5.56 Å². The van der Waals surface area contributed by atoms with Gasteiger partial charge in [-0.1, -0.05) is 19.9 Å². The van der Waals surface area contributed by atoms with Crippen LogP contribution in [-0.4, -0.2) is 50.9 Å². The Hall–Kier alpha value is -3.72. The van der Waals surface area contributed by atoms with E-state index in [9.17, 15) is 4.79 Å². The molecule has 0 aliphatic rings. The number of nitrogens with zero attached hydrogens (tertiary/aromatic N) is 5. The fraction of sp³-hybridized carbons (Fsp3) is 0.484. The summed E-state index contributed by atoms with van der Waals surface area (Å²) < 4.78 is 12.9. The zero-order valence-corrected chi connectivity index (χ0v) is 25.0. The largest absolute Gasteiger partial charge is 0.493 e. The van der Waals surface area contributed by atoms with Crippen LogP contribution in [0.5, 0.6) is 11.5 Å². The third kappa shape index (κ3) is 6.04. The van der Waals surface area contributed by atoms with Crippen molar-refractivity contribution in [1.29, 1.82) is 0 Å². The highest BCUT2D eigenvalue weighted by atomic mass is 16.5. The maximum Gasteiger partial charge on any atom is 0.252 e. The Morgan fingerprint density at radius 2 is 1.75 bits per heavy atom. The molecule has 1 unspecified atom stereocenters. The minimum absolute atomic E-state index is 0.0739. The van der Waals surface area contributed by atoms with Gasteiger partial charge in [-0.2, -0.15) is 0 Å². The van der Waals surface area contributed by atoms with E-state index in [4.69, 9.17) is 9.47 Å². The summed E-state index contributed by atoms with van der Waals surface area (Å²) in [6, 6.07) is 12.1. The molecular weight excluding hydrogens is 504 g/mol. The molecule has 40 heavy (non-hydrogen) atoms. The lowest BCUT2D eigenvalue weighted by Gasteiger charge is -2.33. The number of ether oxygens (including phenoxy) is 2. The van der Waals surface area contributed by atoms with Gasteiger partial charge in [-0.3, -0.25) is 9.69 Å². The number of methoxy groups -OCH3 is 2. The fourth-order valence-electron chi connectivity index (χ4n) is 5.10. The van der Waals surface area contributed by atoms with Crippen LogP contribution in [0, 0.1) is 13.8 Å². The molecule has 0 aliphatic heterocycles. The van der Waals surface area contributed by atoms with Crippen LogP contribution in [0.2, 0.25) is 0 Å². The van der Waals surface area contributed by atoms with E-state index >= 15 is 0 Å². The molecule has 4 rings (SSSR count). The smallest absolute Gasteiger partial charge is 0.252 e. The topological polar surface area (TPSA) is 98.2 Å². The molecule has 0 amide bonds. The number of aromatic amines is 1. The third-order valence-corrected chi connectivity index (χ3v) is 8.10. The molecule has 0 fully saturated rings. The number of H-pyrrole nitrogens is 1. The van der Waals surface area contributed by atoms with Crippen molar-refractivity contribution < 1.29 is 9.47 Å². The first-order chi connectivity index (χ1) is 19.1. The van der Waals surface area contributed by atoms with Gasteiger partial charge in [-0.25, -0.2) is 4.68 Å². The summed E-state index contributed by atoms with van der Waals surface area (Å²) in [6.45, 7) is 13.9. The van der Waals surface area contributed by atoms with Crippen molar-refractivity contribution in [1.82, 2.24) is 30.1 Å². The van der Waals surface area contributed by atoms with Crippen molar-refractivity contribution >= 4 is 10.9 Å². The van der Waals surface area contributed by atoms with Gasteiger partial charge >= 0.3 is 0 Å². The van der Waals surface area contributed by atoms with Gasteiger partial charge in [0.2, 0.25) is 0 Å². The zero-order valence-electron chi connectivity index (χ0n) is 25.0. The van der Waals surface area contributed by atoms with Gasteiger partial charge in [0.1, 0.15) is 0 Å². The van der Waals surface area contributed by atoms with Crippen LogP contribution in [0.15, 0.2) is 41.2 Å². The van der Waals surface area contributed by atoms with E-state index in [1.165, 1.54) is 5.56 Å². The Balaban J connectivity index is 1.74. The number of pyridine rings is 1. The maximum atomic E-state index is 13.3. The highest BCUT2D eigenvalue weighted by molar-refractivity contribution is 5.80. The molecule has 0 spiro atoms. The number of rotatable bonds is 12. The van der Waals surface area contributed by atoms with E-state index in [-0.39, 0.29) is 17.1 Å². The van der Waals surface area contributed by atoms with E-state index in [1.54, 1.807) is 14.2 Å². The number of hydrogen-bond donors (Lipinski definition) is 1. The first kappa shape index (κ1) is 29.3. The first-order valence-electron chi connectivity index (χ1n) is 14.0. The molecule has 0 saturated carbocycles. The first-order valence-corrected chi connectivity index (χ1v) is 14.0. The number of tetrazole rings is 1. The van der Waals surface area contributed by atoms with E-state index in [0.717, 1.165) is 52.7 Å². The molecular formula is C31H42N6O3. The zero-order chi connectivity index (χ0) is 29.0. The molecule has 9 nitrogen and oxygen atoms in total. The lowest BCUT2D eigenvalue weighted by Crippen LogP contribution is -2.37. The standard InChI is InChI=1S/C31H42N6O3/c1-9-26(29-33-34-35-37(29)31(5,6)10-2)36(14-13-22-11-12-27(39-7)28(17-22)40-8)19-24-18-23-15-20(3)21(4)16-25(23)32-30(24)38/h11-12,15-18,26H,9-10,13-14,19H2,1-8H3,(H,32,38). The average molecular weight is 547 g/mol. The predicted octanol–water partition coefficient (Wildman–Crippen LogP) is 5.49. The Morgan fingerprint density at radius 1 is 1.02 bits per heavy atom. The molecule has 2 aromatic heterocycles. The molecule has 214 valence electrons. The Morgan fingerprint density at radius 3 is 2.42 bits per heavy atom. The normalized spacial score (nSPS) is 12.7. The van der Waals surface area contributed by atoms with Crippen molar-refractivity contribution in [3.63, 3.8) is 0 Å². The molecule has 0 saturated heterocycles. The molecule has 2 heterocycles. The average Bonchev–Trinajstić information content (AvgIpc) is 3.44. The Bertz CT molecular complexity index is 1520. The van der Waals surface area contributed by atoms with E-state index < -0.39 is 0 Å². The second kappa shape index (κ2) is 12.2. The minimum atomic E-state index is -0.239. The summed E-state index contributed by atoms with van der Waals surface area (Å²) in [6.07, 6.45) is 2.42. The van der Waals surface area contributed by atoms with Gasteiger partial charge in [0.15, 0.2) is 17.3 Å². The number of fused-ring (bicyclic) bond motifs is 1. The van der Waals surface area contributed by atoms with Crippen LogP contribution in [0.1, 0.15) is 74.7 Å². The van der Waals surface area contributed by atoms with Crippen molar-refractivity contribution in [2.24, 2.45) is 0 Å². The number of aromatic nitrogens is 5. The van der Waals surface area contributed by atoms with Crippen LogP contribution >= 0.6 is 0 Å². The highest BCUT2D eigenvalue weighted by Crippen LogP contribution is 2.31. The van der Waals surface area contributed by atoms with Crippen LogP contribution in [0.25, 0.3) is 10.9 Å². The number of hydrogen-bond acceptors (Lipinski definition) is 7. The van der Waals surface area contributed by atoms with E-state index in [0.29, 0.717) is 24.6 Å². The van der Waals surface area contributed by atoms with E-state index in [1.807, 2.05) is 28.9 Å². The van der Waals surface area contributed by atoms with Gasteiger partial charge in [-0.05, 0) is 110 Å². The van der Waals surface area contributed by atoms with Crippen molar-refractivity contribution in [3.05, 3.63) is 74.8 Å². The summed E-state index contributed by atoms with van der Waals surface area (Å²) in [5, 5.41) is 14.0. The van der Waals surface area contributed by atoms with Crippen molar-refractivity contribution in [2.75, 3.05) is 20.8 Å². The van der Waals surface area contributed by atoms with Crippen molar-refractivity contribution in [2.45, 2.75) is 78.9 Å². The summed E-state index contributed by atoms with van der Waals surface area (Å²) >= 11 is 0. The van der Waals surface area contributed by atoms with E-state index in [2.05, 4.69) is 79.1 Å². The van der Waals surface area contributed by atoms with Crippen molar-refractivity contribution in [3.8, 4) is 11.5 Å². The highest BCUT2D eigenvalue weighted by Gasteiger charge is 2.31. The lowest BCUT2D eigenvalue weighted by molar-refractivity contribution is 0.160. The number of nitrogens with one attached hydrogen (secondary N) is 1. The Labute approximate surface area is 236 Å². The summed E-state index contributed by atoms with van der Waals surface area (Å²) in [7, 11) is 3.28. The molecule has 1 atom stereocenters. The predicted molar refractivity (Wildman–Crippen MR) is 158 cm³/mol. The second-order valence-electron chi connectivity index (χ2n) is 11.1. The van der Waals surface area contributed by atoms with Gasteiger partial charge in [0.05, 0.1) is 25.8 Å². The lowest BCUT2D eigenvalue weighted by atomic mass is 10.0. The van der Waals surface area contributed by atoms with Crippen LogP contribution in [0.3, 0.4) is 0 Å². The summed E-state index contributed by atoms with van der Waals surface area (Å²) in [5.74, 6) is 2.21. The van der Waals surface area contributed by atoms with Crippen LogP contribution in [0.4, 0.5) is 0 Å². The molecule has 9 heteroatoms. The molecule has 1 N–H and O–H groups in total. The monoisotopic (exact) mass is 546 g/mol. The maximum absolute atomic E-state index is 13.3. The molecule has 0 radical (unpaired) electrons. The number of aryl methyl sites for hydroxylation is 2. The molecule has 2 aromatic carbocycles. The number of benzene rings is 2. The quantitative estimate of drug-likeness (QED) is 0.251. The molecule has 0 bridgehead atoms. The molecule has 0 aliphatic carbocycles. The SMILES string of the molecule is CCC(c1nnnn1C(C)(C)CC)N(CCc1ccc(OC)c(OC)c1)Cc1cc2cc(C)c(C)cc2[nH]c1=O. The van der Waals surface area contributed by atoms with Crippen LogP contribution in [-0.2, 0) is 18.5 Å². The minimum Gasteiger partial charge on any atom is -0.493 e. The molecule has 4 aromatic rings. The van der Waals surface area contributed by atoms with Gasteiger partial charge < -0.3 is 14.5 Å². The van der Waals surface area contributed by atoms with Gasteiger partial charge in [0, 0.05) is 24.2 Å².